The fraction of sp³-hybridized carbons (Fsp3) is 0.882. The molecule has 4 saturated carbocycles. The highest BCUT2D eigenvalue weighted by molar-refractivity contribution is 5.75. The number of nitrogens with zero attached hydrogens (tertiary/aromatic N) is 2. The first kappa shape index (κ1) is 36.6. The van der Waals surface area contributed by atoms with Crippen LogP contribution in [-0.4, -0.2) is 117 Å². The predicted octanol–water partition coefficient (Wildman–Crippen LogP) is 2.37. The van der Waals surface area contributed by atoms with Gasteiger partial charge >= 0.3 is 17.9 Å². The molecule has 0 aromatic carbocycles. The number of aliphatic carboxylic acids is 3. The monoisotopic (exact) mass is 651 g/mol. The largest absolute Gasteiger partial charge is 0.480 e. The maximum atomic E-state index is 12.8. The van der Waals surface area contributed by atoms with Crippen molar-refractivity contribution >= 4 is 23.8 Å². The van der Waals surface area contributed by atoms with Crippen LogP contribution in [0, 0.1) is 46.3 Å². The molecule has 0 heterocycles. The fourth-order valence-electron chi connectivity index (χ4n) is 10.5. The Balaban J connectivity index is 1.26. The fourth-order valence-corrected chi connectivity index (χ4v) is 10.5. The summed E-state index contributed by atoms with van der Waals surface area (Å²) in [5.74, 6) is -0.954. The number of rotatable bonds is 16. The molecule has 1 amide bonds. The van der Waals surface area contributed by atoms with E-state index in [0.717, 1.165) is 57.8 Å². The number of carboxylic acid groups (broad SMARTS) is 3. The summed E-state index contributed by atoms with van der Waals surface area (Å²) in [7, 11) is 0. The van der Waals surface area contributed by atoms with Crippen LogP contribution in [0.3, 0.4) is 0 Å². The van der Waals surface area contributed by atoms with Gasteiger partial charge in [0.05, 0.1) is 31.8 Å². The van der Waals surface area contributed by atoms with Gasteiger partial charge in [-0.2, -0.15) is 0 Å². The average molecular weight is 652 g/mol. The molecule has 0 aromatic rings. The zero-order valence-corrected chi connectivity index (χ0v) is 27.9. The third-order valence-corrected chi connectivity index (χ3v) is 12.8. The Morgan fingerprint density at radius 1 is 0.783 bits per heavy atom. The number of carbonyl (C=O) groups is 4. The molecule has 0 aliphatic heterocycles. The van der Waals surface area contributed by atoms with Gasteiger partial charge in [0.25, 0.3) is 0 Å². The first-order valence-electron chi connectivity index (χ1n) is 17.4. The molecule has 0 saturated heterocycles. The first-order valence-corrected chi connectivity index (χ1v) is 17.4. The second-order valence-electron chi connectivity index (χ2n) is 15.5. The molecule has 12 nitrogen and oxygen atoms in total. The smallest absolute Gasteiger partial charge is 0.317 e. The summed E-state index contributed by atoms with van der Waals surface area (Å²) in [5, 5.41) is 52.1. The van der Waals surface area contributed by atoms with Gasteiger partial charge in [-0.15, -0.1) is 0 Å². The van der Waals surface area contributed by atoms with Gasteiger partial charge in [0, 0.05) is 32.6 Å². The number of fused-ring (bicyclic) bond motifs is 5. The Labute approximate surface area is 272 Å². The molecule has 46 heavy (non-hydrogen) atoms. The Morgan fingerprint density at radius 3 is 2.02 bits per heavy atom. The number of hydrogen-bond acceptors (Lipinski definition) is 8. The molecule has 6 N–H and O–H groups in total. The lowest BCUT2D eigenvalue weighted by Crippen LogP contribution is -2.58. The first-order chi connectivity index (χ1) is 21.6. The summed E-state index contributed by atoms with van der Waals surface area (Å²) >= 11 is 0. The van der Waals surface area contributed by atoms with E-state index >= 15 is 0 Å². The molecule has 12 heteroatoms. The number of hydrogen-bond donors (Lipinski definition) is 6. The van der Waals surface area contributed by atoms with Crippen LogP contribution in [0.5, 0.6) is 0 Å². The molecule has 0 bridgehead atoms. The van der Waals surface area contributed by atoms with Crippen molar-refractivity contribution in [1.82, 2.24) is 15.1 Å². The Morgan fingerprint density at radius 2 is 1.37 bits per heavy atom. The van der Waals surface area contributed by atoms with E-state index in [1.807, 2.05) is 0 Å². The summed E-state index contributed by atoms with van der Waals surface area (Å²) < 4.78 is 0. The minimum absolute atomic E-state index is 0.0695. The zero-order chi connectivity index (χ0) is 33.8. The van der Waals surface area contributed by atoms with E-state index in [1.165, 1.54) is 4.90 Å². The van der Waals surface area contributed by atoms with Crippen molar-refractivity contribution in [1.29, 1.82) is 0 Å². The number of amides is 1. The second kappa shape index (κ2) is 15.3. The van der Waals surface area contributed by atoms with Gasteiger partial charge in [0.1, 0.15) is 0 Å². The third-order valence-electron chi connectivity index (χ3n) is 12.8. The molecule has 4 fully saturated rings. The SMILES string of the molecule is CC(CCC(=O)NCCN(CCN(CC(=O)O)CC(=O)O)CC(=O)O)[C@H]1CCC2C3C(O)C[C@@H]4C[C@H](O)CC[C@]4(C)C3CC[C@@]21C. The Hall–Kier alpha value is -2.28. The number of carboxylic acids is 3. The molecule has 10 atom stereocenters. The molecule has 262 valence electrons. The summed E-state index contributed by atoms with van der Waals surface area (Å²) in [5.41, 5.74) is 0.338. The molecular weight excluding hydrogens is 594 g/mol. The van der Waals surface area contributed by atoms with Crippen LogP contribution in [0.15, 0.2) is 0 Å². The van der Waals surface area contributed by atoms with Crippen LogP contribution in [0.2, 0.25) is 0 Å². The second-order valence-corrected chi connectivity index (χ2v) is 15.5. The number of aliphatic hydroxyl groups excluding tert-OH is 2. The topological polar surface area (TPSA) is 188 Å². The van der Waals surface area contributed by atoms with Crippen molar-refractivity contribution in [2.45, 2.75) is 97.2 Å². The van der Waals surface area contributed by atoms with Crippen LogP contribution in [0.25, 0.3) is 0 Å². The molecule has 4 aliphatic rings. The molecule has 4 rings (SSSR count). The maximum Gasteiger partial charge on any atom is 0.317 e. The van der Waals surface area contributed by atoms with Crippen molar-refractivity contribution < 1.29 is 44.7 Å². The van der Waals surface area contributed by atoms with Crippen LogP contribution >= 0.6 is 0 Å². The van der Waals surface area contributed by atoms with Crippen molar-refractivity contribution in [3.05, 3.63) is 0 Å². The van der Waals surface area contributed by atoms with Crippen LogP contribution < -0.4 is 5.32 Å². The van der Waals surface area contributed by atoms with Gasteiger partial charge < -0.3 is 30.8 Å². The van der Waals surface area contributed by atoms with Gasteiger partial charge in [0.2, 0.25) is 5.91 Å². The van der Waals surface area contributed by atoms with Crippen molar-refractivity contribution in [2.24, 2.45) is 46.3 Å². The summed E-state index contributed by atoms with van der Waals surface area (Å²) in [6.45, 7) is 6.58. The number of carbonyl (C=O) groups excluding carboxylic acids is 1. The van der Waals surface area contributed by atoms with E-state index in [1.54, 1.807) is 4.90 Å². The van der Waals surface area contributed by atoms with Crippen LogP contribution in [-0.2, 0) is 19.2 Å². The van der Waals surface area contributed by atoms with Gasteiger partial charge in [-0.05, 0) is 104 Å². The van der Waals surface area contributed by atoms with Gasteiger partial charge in [-0.1, -0.05) is 20.8 Å². The minimum Gasteiger partial charge on any atom is -0.480 e. The van der Waals surface area contributed by atoms with E-state index in [2.05, 4.69) is 26.1 Å². The molecule has 0 aromatic heterocycles. The molecule has 5 unspecified atom stereocenters. The molecule has 4 aliphatic carbocycles. The molecule has 0 spiro atoms. The molecular formula is C34H57N3O9. The van der Waals surface area contributed by atoms with Crippen molar-refractivity contribution in [2.75, 3.05) is 45.8 Å². The summed E-state index contributed by atoms with van der Waals surface area (Å²) in [6, 6.07) is 0. The minimum atomic E-state index is -1.16. The maximum absolute atomic E-state index is 12.8. The standard InChI is InChI=1S/C34H57N3O9/c1-21(4-7-28(40)35-12-13-36(18-29(41)42)14-15-37(19-30(43)44)20-31(45)46)24-5-6-25-32-26(9-11-34(24,25)3)33(2)10-8-23(38)16-22(33)17-27(32)39/h21-27,32,38-39H,4-20H2,1-3H3,(H,35,40)(H,41,42)(H,43,44)(H,45,46)/t21?,22-,23+,24+,25?,26?,27?,32?,33-,34+/m0/s1. The van der Waals surface area contributed by atoms with E-state index in [4.69, 9.17) is 10.2 Å². The van der Waals surface area contributed by atoms with Crippen LogP contribution in [0.1, 0.15) is 85.0 Å². The Kier molecular flexibility index (Phi) is 12.2. The van der Waals surface area contributed by atoms with E-state index in [9.17, 15) is 34.5 Å². The zero-order valence-electron chi connectivity index (χ0n) is 27.9. The van der Waals surface area contributed by atoms with Crippen molar-refractivity contribution in [3.8, 4) is 0 Å². The third kappa shape index (κ3) is 8.41. The van der Waals surface area contributed by atoms with E-state index < -0.39 is 31.0 Å². The van der Waals surface area contributed by atoms with Gasteiger partial charge in [0.15, 0.2) is 0 Å². The lowest BCUT2D eigenvalue weighted by Gasteiger charge is -2.62. The van der Waals surface area contributed by atoms with Gasteiger partial charge in [-0.25, -0.2) is 0 Å². The highest BCUT2D eigenvalue weighted by Crippen LogP contribution is 2.68. The quantitative estimate of drug-likeness (QED) is 0.144. The lowest BCUT2D eigenvalue weighted by atomic mass is 9.43. The highest BCUT2D eigenvalue weighted by Gasteiger charge is 2.62. The van der Waals surface area contributed by atoms with E-state index in [0.29, 0.717) is 41.9 Å². The Bertz CT molecular complexity index is 1090. The van der Waals surface area contributed by atoms with E-state index in [-0.39, 0.29) is 61.7 Å². The summed E-state index contributed by atoms with van der Waals surface area (Å²) in [4.78, 5) is 49.1. The van der Waals surface area contributed by atoms with Gasteiger partial charge in [-0.3, -0.25) is 29.0 Å². The number of nitrogens with one attached hydrogen (secondary N) is 1. The predicted molar refractivity (Wildman–Crippen MR) is 170 cm³/mol. The van der Waals surface area contributed by atoms with Crippen LogP contribution in [0.4, 0.5) is 0 Å². The average Bonchev–Trinajstić information content (AvgIpc) is 3.31. The normalized spacial score (nSPS) is 36.0. The molecule has 0 radical (unpaired) electrons. The highest BCUT2D eigenvalue weighted by atomic mass is 16.4. The van der Waals surface area contributed by atoms with Crippen molar-refractivity contribution in [3.63, 3.8) is 0 Å². The number of aliphatic hydroxyl groups is 2. The summed E-state index contributed by atoms with van der Waals surface area (Å²) in [6.07, 6.45) is 8.62. The lowest BCUT2D eigenvalue weighted by molar-refractivity contribution is -0.174.